The van der Waals surface area contributed by atoms with E-state index in [1.807, 2.05) is 49.3 Å². The predicted molar refractivity (Wildman–Crippen MR) is 86.6 cm³/mol. The van der Waals surface area contributed by atoms with Gasteiger partial charge in [0, 0.05) is 31.9 Å². The number of rotatable bonds is 3. The maximum atomic E-state index is 12.3. The van der Waals surface area contributed by atoms with Gasteiger partial charge in [-0.3, -0.25) is 0 Å². The molecule has 0 atom stereocenters. The van der Waals surface area contributed by atoms with Crippen molar-refractivity contribution >= 4 is 40.4 Å². The van der Waals surface area contributed by atoms with Gasteiger partial charge in [0.2, 0.25) is 5.69 Å². The van der Waals surface area contributed by atoms with Crippen LogP contribution < -0.4 is 4.90 Å². The summed E-state index contributed by atoms with van der Waals surface area (Å²) in [5, 5.41) is 12.3. The predicted octanol–water partition coefficient (Wildman–Crippen LogP) is 3.02. The second-order valence-electron chi connectivity index (χ2n) is 4.84. The van der Waals surface area contributed by atoms with Crippen molar-refractivity contribution in [2.45, 2.75) is 0 Å². The molecule has 6 heteroatoms. The van der Waals surface area contributed by atoms with Crippen molar-refractivity contribution < 1.29 is 4.74 Å². The van der Waals surface area contributed by atoms with Crippen LogP contribution in [0.5, 0.6) is 0 Å². The summed E-state index contributed by atoms with van der Waals surface area (Å²) >= 11 is 1.15. The van der Waals surface area contributed by atoms with Crippen LogP contribution in [0.4, 0.5) is 11.4 Å². The van der Waals surface area contributed by atoms with E-state index < -0.39 is 0 Å². The second kappa shape index (κ2) is 5.49. The van der Waals surface area contributed by atoms with Crippen molar-refractivity contribution in [3.8, 4) is 0 Å². The van der Waals surface area contributed by atoms with E-state index in [4.69, 9.17) is 0 Å². The molecule has 106 valence electrons. The average molecular weight is 298 g/mol. The van der Waals surface area contributed by atoms with Gasteiger partial charge in [0.25, 0.3) is 0 Å². The zero-order valence-electron chi connectivity index (χ0n) is 11.7. The molecule has 0 fully saturated rings. The molecule has 0 aliphatic heterocycles. The fourth-order valence-electron chi connectivity index (χ4n) is 2.03. The largest absolute Gasteiger partial charge is 0.618 e. The monoisotopic (exact) mass is 298 g/mol. The molecule has 0 N–H and O–H groups in total. The summed E-state index contributed by atoms with van der Waals surface area (Å²) in [5.74, 6) is 0. The van der Waals surface area contributed by atoms with E-state index in [1.165, 1.54) is 6.21 Å². The second-order valence-corrected chi connectivity index (χ2v) is 5.37. The Labute approximate surface area is 126 Å². The average Bonchev–Trinajstić information content (AvgIpc) is 2.97. The molecule has 0 radical (unpaired) electrons. The third-order valence-electron chi connectivity index (χ3n) is 3.19. The summed E-state index contributed by atoms with van der Waals surface area (Å²) in [6, 6.07) is 13.1. The van der Waals surface area contributed by atoms with Gasteiger partial charge in [-0.25, -0.2) is 0 Å². The van der Waals surface area contributed by atoms with E-state index in [-0.39, 0.29) is 0 Å². The van der Waals surface area contributed by atoms with E-state index in [9.17, 15) is 5.21 Å². The van der Waals surface area contributed by atoms with Gasteiger partial charge in [0.1, 0.15) is 11.0 Å². The minimum absolute atomic E-state index is 0.584. The van der Waals surface area contributed by atoms with Crippen LogP contribution in [-0.4, -0.2) is 33.8 Å². The number of hydrogen-bond donors (Lipinski definition) is 0. The third kappa shape index (κ3) is 2.71. The van der Waals surface area contributed by atoms with Crippen molar-refractivity contribution in [2.24, 2.45) is 0 Å². The lowest BCUT2D eigenvalue weighted by Crippen LogP contribution is -2.08. The summed E-state index contributed by atoms with van der Waals surface area (Å²) in [6.45, 7) is 0. The van der Waals surface area contributed by atoms with Crippen molar-refractivity contribution in [3.63, 3.8) is 0 Å². The molecule has 0 aliphatic rings. The van der Waals surface area contributed by atoms with Crippen molar-refractivity contribution in [1.82, 2.24) is 8.75 Å². The number of nitrogens with zero attached hydrogens (tertiary/aromatic N) is 4. The highest BCUT2D eigenvalue weighted by molar-refractivity contribution is 7.00. The number of aromatic nitrogens is 2. The SMILES string of the molecule is CN(C)c1ccc([N+]([O-])=Cc2cccc3nsnc23)cc1. The van der Waals surface area contributed by atoms with Gasteiger partial charge in [-0.15, -0.1) is 0 Å². The van der Waals surface area contributed by atoms with Crippen LogP contribution in [0, 0.1) is 5.21 Å². The van der Waals surface area contributed by atoms with Gasteiger partial charge >= 0.3 is 0 Å². The first-order chi connectivity index (χ1) is 10.1. The lowest BCUT2D eigenvalue weighted by molar-refractivity contribution is -0.354. The Bertz CT molecular complexity index is 793. The highest BCUT2D eigenvalue weighted by Crippen LogP contribution is 2.19. The summed E-state index contributed by atoms with van der Waals surface area (Å²) in [7, 11) is 3.93. The Morgan fingerprint density at radius 3 is 2.57 bits per heavy atom. The third-order valence-corrected chi connectivity index (χ3v) is 3.74. The Kier molecular flexibility index (Phi) is 3.53. The van der Waals surface area contributed by atoms with E-state index in [0.717, 1.165) is 38.8 Å². The normalized spacial score (nSPS) is 11.8. The number of hydrogen-bond acceptors (Lipinski definition) is 5. The summed E-state index contributed by atoms with van der Waals surface area (Å²) in [4.78, 5) is 1.99. The van der Waals surface area contributed by atoms with Crippen LogP contribution in [0.15, 0.2) is 42.5 Å². The number of anilines is 1. The fourth-order valence-corrected chi connectivity index (χ4v) is 2.59. The molecule has 3 aromatic rings. The molecule has 0 aliphatic carbocycles. The van der Waals surface area contributed by atoms with Crippen LogP contribution in [0.25, 0.3) is 11.0 Å². The van der Waals surface area contributed by atoms with Crippen LogP contribution in [0.1, 0.15) is 5.56 Å². The maximum Gasteiger partial charge on any atom is 0.216 e. The Morgan fingerprint density at radius 2 is 1.86 bits per heavy atom. The quantitative estimate of drug-likeness (QED) is 0.323. The molecular weight excluding hydrogens is 284 g/mol. The van der Waals surface area contributed by atoms with Gasteiger partial charge in [-0.1, -0.05) is 6.07 Å². The van der Waals surface area contributed by atoms with Crippen LogP contribution in [0.2, 0.25) is 0 Å². The van der Waals surface area contributed by atoms with E-state index >= 15 is 0 Å². The first-order valence-corrected chi connectivity index (χ1v) is 7.18. The summed E-state index contributed by atoms with van der Waals surface area (Å²) < 4.78 is 9.26. The lowest BCUT2D eigenvalue weighted by atomic mass is 10.2. The summed E-state index contributed by atoms with van der Waals surface area (Å²) in [5.41, 5.74) is 3.98. The number of fused-ring (bicyclic) bond motifs is 1. The summed E-state index contributed by atoms with van der Waals surface area (Å²) in [6.07, 6.45) is 1.54. The topological polar surface area (TPSA) is 55.1 Å². The smallest absolute Gasteiger partial charge is 0.216 e. The zero-order chi connectivity index (χ0) is 14.8. The molecule has 0 bridgehead atoms. The molecule has 0 amide bonds. The van der Waals surface area contributed by atoms with E-state index in [0.29, 0.717) is 5.69 Å². The van der Waals surface area contributed by atoms with Crippen LogP contribution >= 0.6 is 11.7 Å². The van der Waals surface area contributed by atoms with Crippen LogP contribution in [0.3, 0.4) is 0 Å². The Morgan fingerprint density at radius 1 is 1.10 bits per heavy atom. The standard InChI is InChI=1S/C15H14N4OS/c1-18(2)12-6-8-13(9-7-12)19(20)10-11-4-3-5-14-15(11)17-21-16-14/h3-10H,1-2H3. The molecule has 1 heterocycles. The minimum Gasteiger partial charge on any atom is -0.618 e. The Balaban J connectivity index is 1.97. The van der Waals surface area contributed by atoms with Gasteiger partial charge in [0.05, 0.1) is 17.3 Å². The van der Waals surface area contributed by atoms with Gasteiger partial charge in [-0.05, 0) is 24.3 Å². The Hall–Kier alpha value is -2.47. The molecule has 0 saturated carbocycles. The first-order valence-electron chi connectivity index (χ1n) is 6.45. The molecule has 0 saturated heterocycles. The van der Waals surface area contributed by atoms with Crippen molar-refractivity contribution in [1.29, 1.82) is 0 Å². The molecule has 5 nitrogen and oxygen atoms in total. The van der Waals surface area contributed by atoms with Gasteiger partial charge in [-0.2, -0.15) is 13.5 Å². The van der Waals surface area contributed by atoms with Crippen molar-refractivity contribution in [3.05, 3.63) is 53.2 Å². The van der Waals surface area contributed by atoms with Gasteiger partial charge < -0.3 is 10.1 Å². The zero-order valence-corrected chi connectivity index (χ0v) is 12.5. The molecule has 2 aromatic carbocycles. The highest BCUT2D eigenvalue weighted by Gasteiger charge is 2.08. The van der Waals surface area contributed by atoms with E-state index in [1.54, 1.807) is 12.1 Å². The molecular formula is C15H14N4OS. The highest BCUT2D eigenvalue weighted by atomic mass is 32.1. The number of benzene rings is 2. The van der Waals surface area contributed by atoms with Crippen molar-refractivity contribution in [2.75, 3.05) is 19.0 Å². The molecule has 0 spiro atoms. The molecule has 3 rings (SSSR count). The molecule has 1 aromatic heterocycles. The maximum absolute atomic E-state index is 12.3. The lowest BCUT2D eigenvalue weighted by Gasteiger charge is -2.12. The van der Waals surface area contributed by atoms with Gasteiger partial charge in [0.15, 0.2) is 6.21 Å². The van der Waals surface area contributed by atoms with E-state index in [2.05, 4.69) is 8.75 Å². The minimum atomic E-state index is 0.584. The first kappa shape index (κ1) is 13.5. The molecule has 21 heavy (non-hydrogen) atoms. The van der Waals surface area contributed by atoms with Crippen LogP contribution in [-0.2, 0) is 0 Å². The molecule has 0 unspecified atom stereocenters. The fraction of sp³-hybridized carbons (Fsp3) is 0.133.